The Bertz CT molecular complexity index is 707. The number of piperidine rings is 1. The molecule has 23 heavy (non-hydrogen) atoms. The Morgan fingerprint density at radius 3 is 2.57 bits per heavy atom. The van der Waals surface area contributed by atoms with Gasteiger partial charge in [-0.25, -0.2) is 0 Å². The number of hydrogen-bond acceptors (Lipinski definition) is 3. The highest BCUT2D eigenvalue weighted by atomic mass is 35.5. The predicted molar refractivity (Wildman–Crippen MR) is 87.9 cm³/mol. The Morgan fingerprint density at radius 2 is 1.91 bits per heavy atom. The maximum Gasteiger partial charge on any atom is 0.258 e. The largest absolute Gasteiger partial charge is 0.472 e. The number of benzene rings is 1. The van der Waals surface area contributed by atoms with E-state index in [1.165, 1.54) is 12.5 Å². The highest BCUT2D eigenvalue weighted by Crippen LogP contribution is 2.24. The van der Waals surface area contributed by atoms with E-state index in [1.54, 1.807) is 24.3 Å². The minimum absolute atomic E-state index is 0.0533. The van der Waals surface area contributed by atoms with Crippen LogP contribution >= 0.6 is 11.6 Å². The first-order valence-electron chi connectivity index (χ1n) is 7.57. The van der Waals surface area contributed by atoms with Gasteiger partial charge in [0, 0.05) is 18.8 Å². The molecule has 2 heterocycles. The fourth-order valence-electron chi connectivity index (χ4n) is 2.63. The summed E-state index contributed by atoms with van der Waals surface area (Å²) in [5, 5.41) is 3.06. The van der Waals surface area contributed by atoms with Crippen LogP contribution in [0.1, 0.15) is 40.0 Å². The molecule has 1 aliphatic heterocycles. The lowest BCUT2D eigenvalue weighted by molar-refractivity contribution is 0.0724. The van der Waals surface area contributed by atoms with Crippen molar-refractivity contribution in [2.45, 2.75) is 19.3 Å². The van der Waals surface area contributed by atoms with Crippen LogP contribution in [0.3, 0.4) is 0 Å². The number of carbonyl (C=O) groups excluding carboxylic acids is 2. The van der Waals surface area contributed by atoms with E-state index in [-0.39, 0.29) is 11.8 Å². The van der Waals surface area contributed by atoms with Crippen LogP contribution in [0.15, 0.2) is 41.2 Å². The third kappa shape index (κ3) is 3.56. The summed E-state index contributed by atoms with van der Waals surface area (Å²) in [7, 11) is 0. The van der Waals surface area contributed by atoms with Gasteiger partial charge in [0.05, 0.1) is 22.4 Å². The molecule has 0 bridgehead atoms. The Kier molecular flexibility index (Phi) is 4.67. The SMILES string of the molecule is O=C(Nc1ccc(C(=O)N2CCCCC2)c(Cl)c1)c1ccoc1. The van der Waals surface area contributed by atoms with Crippen LogP contribution in [0.2, 0.25) is 5.02 Å². The molecule has 0 aliphatic carbocycles. The molecule has 120 valence electrons. The van der Waals surface area contributed by atoms with Crippen LogP contribution in [0.4, 0.5) is 5.69 Å². The van der Waals surface area contributed by atoms with Crippen molar-refractivity contribution in [1.29, 1.82) is 0 Å². The van der Waals surface area contributed by atoms with Crippen LogP contribution in [0, 0.1) is 0 Å². The summed E-state index contributed by atoms with van der Waals surface area (Å²) in [5.74, 6) is -0.340. The van der Waals surface area contributed by atoms with Gasteiger partial charge in [0.2, 0.25) is 0 Å². The molecule has 1 saturated heterocycles. The number of amides is 2. The van der Waals surface area contributed by atoms with E-state index in [2.05, 4.69) is 5.32 Å². The second kappa shape index (κ2) is 6.87. The Balaban J connectivity index is 1.72. The first kappa shape index (κ1) is 15.6. The Hall–Kier alpha value is -2.27. The minimum Gasteiger partial charge on any atom is -0.472 e. The number of nitrogens with one attached hydrogen (secondary N) is 1. The molecule has 2 aromatic rings. The monoisotopic (exact) mass is 332 g/mol. The van der Waals surface area contributed by atoms with Crippen molar-refractivity contribution in [2.75, 3.05) is 18.4 Å². The van der Waals surface area contributed by atoms with Crippen molar-refractivity contribution in [3.8, 4) is 0 Å². The fraction of sp³-hybridized carbons (Fsp3) is 0.294. The molecular weight excluding hydrogens is 316 g/mol. The van der Waals surface area contributed by atoms with E-state index in [0.717, 1.165) is 32.4 Å². The molecule has 0 saturated carbocycles. The number of likely N-dealkylation sites (tertiary alicyclic amines) is 1. The van der Waals surface area contributed by atoms with Gasteiger partial charge in [-0.2, -0.15) is 0 Å². The summed E-state index contributed by atoms with van der Waals surface area (Å²) in [6, 6.07) is 6.51. The van der Waals surface area contributed by atoms with Gasteiger partial charge >= 0.3 is 0 Å². The van der Waals surface area contributed by atoms with Gasteiger partial charge in [0.25, 0.3) is 11.8 Å². The van der Waals surface area contributed by atoms with E-state index in [0.29, 0.717) is 21.8 Å². The fourth-order valence-corrected chi connectivity index (χ4v) is 2.89. The maximum atomic E-state index is 12.5. The van der Waals surface area contributed by atoms with Gasteiger partial charge in [0.1, 0.15) is 6.26 Å². The molecule has 1 N–H and O–H groups in total. The Labute approximate surface area is 139 Å². The second-order valence-corrected chi connectivity index (χ2v) is 5.92. The molecule has 1 fully saturated rings. The molecule has 0 unspecified atom stereocenters. The normalized spacial score (nSPS) is 14.6. The highest BCUT2D eigenvalue weighted by Gasteiger charge is 2.20. The molecular formula is C17H17ClN2O3. The molecule has 5 nitrogen and oxygen atoms in total. The highest BCUT2D eigenvalue weighted by molar-refractivity contribution is 6.34. The predicted octanol–water partition coefficient (Wildman–Crippen LogP) is 3.81. The maximum absolute atomic E-state index is 12.5. The van der Waals surface area contributed by atoms with Gasteiger partial charge in [-0.1, -0.05) is 11.6 Å². The molecule has 1 aromatic heterocycles. The van der Waals surface area contributed by atoms with Crippen LogP contribution in [-0.4, -0.2) is 29.8 Å². The lowest BCUT2D eigenvalue weighted by atomic mass is 10.1. The topological polar surface area (TPSA) is 62.6 Å². The lowest BCUT2D eigenvalue weighted by Gasteiger charge is -2.27. The van der Waals surface area contributed by atoms with Crippen LogP contribution in [-0.2, 0) is 0 Å². The van der Waals surface area contributed by atoms with Gasteiger partial charge in [0.15, 0.2) is 0 Å². The van der Waals surface area contributed by atoms with Crippen molar-refractivity contribution in [3.63, 3.8) is 0 Å². The number of rotatable bonds is 3. The third-order valence-corrected chi connectivity index (χ3v) is 4.20. The molecule has 0 atom stereocenters. The quantitative estimate of drug-likeness (QED) is 0.929. The minimum atomic E-state index is -0.287. The number of halogens is 1. The van der Waals surface area contributed by atoms with E-state index in [1.807, 2.05) is 4.90 Å². The number of nitrogens with zero attached hydrogens (tertiary/aromatic N) is 1. The third-order valence-electron chi connectivity index (χ3n) is 3.88. The van der Waals surface area contributed by atoms with Crippen LogP contribution in [0.5, 0.6) is 0 Å². The zero-order valence-corrected chi connectivity index (χ0v) is 13.3. The number of carbonyl (C=O) groups is 2. The smallest absolute Gasteiger partial charge is 0.258 e. The molecule has 1 aliphatic rings. The zero-order chi connectivity index (χ0) is 16.2. The molecule has 0 radical (unpaired) electrons. The van der Waals surface area contributed by atoms with Crippen LogP contribution in [0.25, 0.3) is 0 Å². The molecule has 3 rings (SSSR count). The Morgan fingerprint density at radius 1 is 1.13 bits per heavy atom. The van der Waals surface area contributed by atoms with Crippen molar-refractivity contribution in [2.24, 2.45) is 0 Å². The molecule has 2 amide bonds. The average Bonchev–Trinajstić information content (AvgIpc) is 3.10. The van der Waals surface area contributed by atoms with Gasteiger partial charge in [-0.3, -0.25) is 9.59 Å². The number of hydrogen-bond donors (Lipinski definition) is 1. The summed E-state index contributed by atoms with van der Waals surface area (Å²) in [6.45, 7) is 1.54. The number of furan rings is 1. The van der Waals surface area contributed by atoms with Crippen LogP contribution < -0.4 is 5.32 Å². The van der Waals surface area contributed by atoms with Crippen molar-refractivity contribution < 1.29 is 14.0 Å². The summed E-state index contributed by atoms with van der Waals surface area (Å²) in [4.78, 5) is 26.3. The van der Waals surface area contributed by atoms with E-state index >= 15 is 0 Å². The van der Waals surface area contributed by atoms with E-state index < -0.39 is 0 Å². The summed E-state index contributed by atoms with van der Waals surface area (Å²) < 4.78 is 4.88. The van der Waals surface area contributed by atoms with Crippen molar-refractivity contribution >= 4 is 29.1 Å². The first-order valence-corrected chi connectivity index (χ1v) is 7.95. The summed E-state index contributed by atoms with van der Waals surface area (Å²) in [6.07, 6.45) is 6.02. The first-order chi connectivity index (χ1) is 11.1. The second-order valence-electron chi connectivity index (χ2n) is 5.51. The average molecular weight is 333 g/mol. The lowest BCUT2D eigenvalue weighted by Crippen LogP contribution is -2.35. The van der Waals surface area contributed by atoms with Crippen molar-refractivity contribution in [1.82, 2.24) is 4.90 Å². The summed E-state index contributed by atoms with van der Waals surface area (Å²) >= 11 is 6.23. The zero-order valence-electron chi connectivity index (χ0n) is 12.5. The van der Waals surface area contributed by atoms with Crippen molar-refractivity contribution in [3.05, 3.63) is 52.9 Å². The van der Waals surface area contributed by atoms with E-state index in [9.17, 15) is 9.59 Å². The molecule has 0 spiro atoms. The van der Waals surface area contributed by atoms with E-state index in [4.69, 9.17) is 16.0 Å². The van der Waals surface area contributed by atoms with Gasteiger partial charge in [-0.15, -0.1) is 0 Å². The standard InChI is InChI=1S/C17H17ClN2O3/c18-15-10-13(19-16(21)12-6-9-23-11-12)4-5-14(15)17(22)20-7-2-1-3-8-20/h4-6,9-11H,1-3,7-8H2,(H,19,21). The van der Waals surface area contributed by atoms with Gasteiger partial charge in [-0.05, 0) is 43.5 Å². The molecule has 6 heteroatoms. The molecule has 1 aromatic carbocycles. The number of anilines is 1. The summed E-state index contributed by atoms with van der Waals surface area (Å²) in [5.41, 5.74) is 1.43. The van der Waals surface area contributed by atoms with Gasteiger partial charge < -0.3 is 14.6 Å².